The van der Waals surface area contributed by atoms with Gasteiger partial charge in [-0.05, 0) is 54.9 Å². The first-order valence-corrected chi connectivity index (χ1v) is 8.79. The van der Waals surface area contributed by atoms with E-state index in [1.54, 1.807) is 18.0 Å². The third-order valence-electron chi connectivity index (χ3n) is 3.01. The third-order valence-corrected chi connectivity index (χ3v) is 4.53. The SMILES string of the molecule is CCNC(C)(CC(C)Sc1ccc(Br)cn1)C(=O)OCC. The number of nitrogens with zero attached hydrogens (tertiary/aromatic N) is 1. The van der Waals surface area contributed by atoms with Gasteiger partial charge < -0.3 is 10.1 Å². The maximum absolute atomic E-state index is 12.2. The smallest absolute Gasteiger partial charge is 0.326 e. The Morgan fingerprint density at radius 1 is 1.52 bits per heavy atom. The van der Waals surface area contributed by atoms with Crippen LogP contribution in [0.4, 0.5) is 0 Å². The molecule has 0 saturated carbocycles. The lowest BCUT2D eigenvalue weighted by Crippen LogP contribution is -2.51. The summed E-state index contributed by atoms with van der Waals surface area (Å²) in [6.45, 7) is 8.95. The fourth-order valence-electron chi connectivity index (χ4n) is 2.16. The Morgan fingerprint density at radius 2 is 2.24 bits per heavy atom. The Morgan fingerprint density at radius 3 is 2.76 bits per heavy atom. The minimum Gasteiger partial charge on any atom is -0.465 e. The van der Waals surface area contributed by atoms with Gasteiger partial charge in [-0.15, -0.1) is 11.8 Å². The van der Waals surface area contributed by atoms with Crippen LogP contribution in [0.1, 0.15) is 34.1 Å². The van der Waals surface area contributed by atoms with Crippen LogP contribution in [0.25, 0.3) is 0 Å². The van der Waals surface area contributed by atoms with E-state index >= 15 is 0 Å². The number of esters is 1. The molecular weight excluding hydrogens is 352 g/mol. The molecule has 0 fully saturated rings. The standard InChI is InChI=1S/C15H23BrN2O2S/c1-5-18-15(4,14(19)20-6-2)9-11(3)21-13-8-7-12(16)10-17-13/h7-8,10-11,18H,5-6,9H2,1-4H3. The van der Waals surface area contributed by atoms with Crippen molar-refractivity contribution in [3.63, 3.8) is 0 Å². The number of halogens is 1. The van der Waals surface area contributed by atoms with Crippen LogP contribution < -0.4 is 5.32 Å². The molecular formula is C15H23BrN2O2S. The van der Waals surface area contributed by atoms with Crippen LogP contribution in [0.3, 0.4) is 0 Å². The van der Waals surface area contributed by atoms with Gasteiger partial charge in [-0.3, -0.25) is 4.79 Å². The monoisotopic (exact) mass is 374 g/mol. The lowest BCUT2D eigenvalue weighted by Gasteiger charge is -2.30. The Balaban J connectivity index is 2.69. The summed E-state index contributed by atoms with van der Waals surface area (Å²) in [7, 11) is 0. The molecule has 2 unspecified atom stereocenters. The number of thioether (sulfide) groups is 1. The molecule has 0 saturated heterocycles. The summed E-state index contributed by atoms with van der Waals surface area (Å²) in [5.41, 5.74) is -0.660. The van der Waals surface area contributed by atoms with Crippen LogP contribution >= 0.6 is 27.7 Å². The Hall–Kier alpha value is -0.590. The second-order valence-corrected chi connectivity index (χ2v) is 7.40. The maximum Gasteiger partial charge on any atom is 0.326 e. The summed E-state index contributed by atoms with van der Waals surface area (Å²) < 4.78 is 6.16. The van der Waals surface area contributed by atoms with Gasteiger partial charge in [0.2, 0.25) is 0 Å². The molecule has 0 aliphatic heterocycles. The molecule has 1 aromatic rings. The van der Waals surface area contributed by atoms with Crippen LogP contribution in [0.5, 0.6) is 0 Å². The van der Waals surface area contributed by atoms with Gasteiger partial charge >= 0.3 is 5.97 Å². The molecule has 1 aromatic heterocycles. The van der Waals surface area contributed by atoms with Crippen molar-refractivity contribution in [1.82, 2.24) is 10.3 Å². The van der Waals surface area contributed by atoms with E-state index in [1.165, 1.54) is 0 Å². The molecule has 0 spiro atoms. The zero-order chi connectivity index (χ0) is 15.9. The van der Waals surface area contributed by atoms with Crippen molar-refractivity contribution in [1.29, 1.82) is 0 Å². The van der Waals surface area contributed by atoms with E-state index < -0.39 is 5.54 Å². The highest BCUT2D eigenvalue weighted by atomic mass is 79.9. The molecule has 1 N–H and O–H groups in total. The Labute approximate surface area is 139 Å². The molecule has 0 aliphatic carbocycles. The van der Waals surface area contributed by atoms with Gasteiger partial charge in [-0.2, -0.15) is 0 Å². The first-order chi connectivity index (χ1) is 9.91. The van der Waals surface area contributed by atoms with Crippen molar-refractivity contribution in [3.8, 4) is 0 Å². The van der Waals surface area contributed by atoms with Crippen molar-refractivity contribution < 1.29 is 9.53 Å². The van der Waals surface area contributed by atoms with E-state index in [4.69, 9.17) is 4.74 Å². The third kappa shape index (κ3) is 5.96. The normalized spacial score (nSPS) is 15.3. The summed E-state index contributed by atoms with van der Waals surface area (Å²) in [5, 5.41) is 4.45. The minimum atomic E-state index is -0.660. The molecule has 4 nitrogen and oxygen atoms in total. The quantitative estimate of drug-likeness (QED) is 0.555. The van der Waals surface area contributed by atoms with Crippen molar-refractivity contribution in [2.45, 2.75) is 49.9 Å². The Kier molecular flexibility index (Phi) is 7.70. The highest BCUT2D eigenvalue weighted by Gasteiger charge is 2.35. The molecule has 21 heavy (non-hydrogen) atoms. The molecule has 1 rings (SSSR count). The lowest BCUT2D eigenvalue weighted by atomic mass is 9.96. The molecule has 0 aliphatic rings. The number of pyridine rings is 1. The molecule has 0 amide bonds. The maximum atomic E-state index is 12.2. The van der Waals surface area contributed by atoms with Crippen molar-refractivity contribution in [3.05, 3.63) is 22.8 Å². The second-order valence-electron chi connectivity index (χ2n) is 5.03. The second kappa shape index (κ2) is 8.76. The number of carbonyl (C=O) groups excluding carboxylic acids is 1. The van der Waals surface area contributed by atoms with Gasteiger partial charge in [-0.25, -0.2) is 4.98 Å². The largest absolute Gasteiger partial charge is 0.465 e. The summed E-state index contributed by atoms with van der Waals surface area (Å²) in [5.74, 6) is -0.192. The molecule has 0 radical (unpaired) electrons. The van der Waals surface area contributed by atoms with Crippen LogP contribution in [0, 0.1) is 0 Å². The number of nitrogens with one attached hydrogen (secondary N) is 1. The first kappa shape index (κ1) is 18.5. The predicted octanol–water partition coefficient (Wildman–Crippen LogP) is 3.65. The van der Waals surface area contributed by atoms with Gasteiger partial charge in [0, 0.05) is 15.9 Å². The van der Waals surface area contributed by atoms with Crippen molar-refractivity contribution >= 4 is 33.7 Å². The van der Waals surface area contributed by atoms with E-state index in [0.717, 1.165) is 16.0 Å². The fraction of sp³-hybridized carbons (Fsp3) is 0.600. The van der Waals surface area contributed by atoms with Gasteiger partial charge in [0.1, 0.15) is 5.54 Å². The van der Waals surface area contributed by atoms with Crippen molar-refractivity contribution in [2.75, 3.05) is 13.2 Å². The molecule has 6 heteroatoms. The summed E-state index contributed by atoms with van der Waals surface area (Å²) in [6, 6.07) is 3.94. The Bertz CT molecular complexity index is 455. The fourth-order valence-corrected chi connectivity index (χ4v) is 3.49. The van der Waals surface area contributed by atoms with Crippen LogP contribution in [0.2, 0.25) is 0 Å². The highest BCUT2D eigenvalue weighted by molar-refractivity contribution is 9.10. The van der Waals surface area contributed by atoms with E-state index in [2.05, 4.69) is 33.2 Å². The highest BCUT2D eigenvalue weighted by Crippen LogP contribution is 2.28. The average Bonchev–Trinajstić information content (AvgIpc) is 2.41. The number of hydrogen-bond acceptors (Lipinski definition) is 5. The van der Waals surface area contributed by atoms with Crippen LogP contribution in [-0.4, -0.2) is 34.9 Å². The van der Waals surface area contributed by atoms with Gasteiger partial charge in [0.15, 0.2) is 0 Å². The molecule has 2 atom stereocenters. The number of likely N-dealkylation sites (N-methyl/N-ethyl adjacent to an activating group) is 1. The van der Waals surface area contributed by atoms with Crippen LogP contribution in [0.15, 0.2) is 27.8 Å². The van der Waals surface area contributed by atoms with Gasteiger partial charge in [-0.1, -0.05) is 13.8 Å². The molecule has 0 bridgehead atoms. The van der Waals surface area contributed by atoms with E-state index in [-0.39, 0.29) is 11.2 Å². The van der Waals surface area contributed by atoms with Gasteiger partial charge in [0.05, 0.1) is 11.6 Å². The number of rotatable bonds is 8. The molecule has 0 aromatic carbocycles. The predicted molar refractivity (Wildman–Crippen MR) is 90.6 cm³/mol. The zero-order valence-corrected chi connectivity index (χ0v) is 15.4. The summed E-state index contributed by atoms with van der Waals surface area (Å²) in [4.78, 5) is 16.5. The number of carbonyl (C=O) groups is 1. The number of hydrogen-bond donors (Lipinski definition) is 1. The molecule has 1 heterocycles. The summed E-state index contributed by atoms with van der Waals surface area (Å²) >= 11 is 5.04. The van der Waals surface area contributed by atoms with E-state index in [9.17, 15) is 4.79 Å². The van der Waals surface area contributed by atoms with Crippen LogP contribution in [-0.2, 0) is 9.53 Å². The van der Waals surface area contributed by atoms with E-state index in [0.29, 0.717) is 13.0 Å². The average molecular weight is 375 g/mol. The zero-order valence-electron chi connectivity index (χ0n) is 13.0. The van der Waals surface area contributed by atoms with E-state index in [1.807, 2.05) is 32.9 Å². The molecule has 118 valence electrons. The van der Waals surface area contributed by atoms with Crippen molar-refractivity contribution in [2.24, 2.45) is 0 Å². The number of ether oxygens (including phenoxy) is 1. The lowest BCUT2D eigenvalue weighted by molar-refractivity contribution is -0.150. The topological polar surface area (TPSA) is 51.2 Å². The first-order valence-electron chi connectivity index (χ1n) is 7.11. The summed E-state index contributed by atoms with van der Waals surface area (Å²) in [6.07, 6.45) is 2.46. The van der Waals surface area contributed by atoms with Gasteiger partial charge in [0.25, 0.3) is 0 Å². The number of aromatic nitrogens is 1. The minimum absolute atomic E-state index is 0.192.